The topological polar surface area (TPSA) is 83.7 Å². The molecule has 0 bridgehead atoms. The second-order valence-electron chi connectivity index (χ2n) is 5.20. The summed E-state index contributed by atoms with van der Waals surface area (Å²) in [6, 6.07) is 8.80. The van der Waals surface area contributed by atoms with Gasteiger partial charge in [-0.05, 0) is 43.7 Å². The van der Waals surface area contributed by atoms with Crippen molar-refractivity contribution in [2.45, 2.75) is 26.7 Å². The van der Waals surface area contributed by atoms with Crippen molar-refractivity contribution in [2.24, 2.45) is 5.10 Å². The fraction of sp³-hybridized carbons (Fsp3) is 0.235. The molecule has 0 unspecified atom stereocenters. The Kier molecular flexibility index (Phi) is 6.14. The molecule has 0 aliphatic rings. The Morgan fingerprint density at radius 1 is 1.17 bits per heavy atom. The van der Waals surface area contributed by atoms with Crippen molar-refractivity contribution in [3.63, 3.8) is 0 Å². The Hall–Kier alpha value is -2.60. The van der Waals surface area contributed by atoms with Crippen LogP contribution >= 0.6 is 11.6 Å². The highest BCUT2D eigenvalue weighted by Gasteiger charge is 2.09. The van der Waals surface area contributed by atoms with Crippen molar-refractivity contribution < 1.29 is 14.0 Å². The second-order valence-corrected chi connectivity index (χ2v) is 5.61. The van der Waals surface area contributed by atoms with Crippen LogP contribution in [0.5, 0.6) is 0 Å². The van der Waals surface area contributed by atoms with Gasteiger partial charge in [0.1, 0.15) is 11.5 Å². The van der Waals surface area contributed by atoms with E-state index in [0.29, 0.717) is 16.5 Å². The smallest absolute Gasteiger partial charge is 0.240 e. The minimum absolute atomic E-state index is 0.0277. The summed E-state index contributed by atoms with van der Waals surface area (Å²) in [4.78, 5) is 23.6. The first-order chi connectivity index (χ1) is 11.5. The van der Waals surface area contributed by atoms with Crippen LogP contribution in [0.4, 0.5) is 5.69 Å². The normalized spacial score (nSPS) is 10.8. The Labute approximate surface area is 144 Å². The predicted molar refractivity (Wildman–Crippen MR) is 93.2 cm³/mol. The lowest BCUT2D eigenvalue weighted by Gasteiger charge is -2.09. The first-order valence-electron chi connectivity index (χ1n) is 7.39. The summed E-state index contributed by atoms with van der Waals surface area (Å²) < 4.78 is 5.28. The summed E-state index contributed by atoms with van der Waals surface area (Å²) in [5.74, 6) is 0.686. The molecular formula is C17H18ClN3O3. The van der Waals surface area contributed by atoms with Crippen LogP contribution < -0.4 is 10.7 Å². The highest BCUT2D eigenvalue weighted by molar-refractivity contribution is 6.31. The first-order valence-corrected chi connectivity index (χ1v) is 7.77. The van der Waals surface area contributed by atoms with E-state index in [1.807, 2.05) is 13.8 Å². The maximum absolute atomic E-state index is 11.9. The van der Waals surface area contributed by atoms with Gasteiger partial charge in [-0.25, -0.2) is 5.43 Å². The summed E-state index contributed by atoms with van der Waals surface area (Å²) in [6.07, 6.45) is 1.48. The van der Waals surface area contributed by atoms with Crippen molar-refractivity contribution in [1.82, 2.24) is 5.43 Å². The molecule has 0 saturated carbocycles. The van der Waals surface area contributed by atoms with E-state index in [1.54, 1.807) is 30.3 Å². The minimum Gasteiger partial charge on any atom is -0.460 e. The lowest BCUT2D eigenvalue weighted by atomic mass is 10.2. The van der Waals surface area contributed by atoms with Crippen LogP contribution in [-0.2, 0) is 9.59 Å². The quantitative estimate of drug-likeness (QED) is 0.620. The Morgan fingerprint density at radius 2 is 1.92 bits per heavy atom. The van der Waals surface area contributed by atoms with E-state index in [2.05, 4.69) is 15.8 Å². The van der Waals surface area contributed by atoms with Gasteiger partial charge in [0.2, 0.25) is 11.8 Å². The van der Waals surface area contributed by atoms with Gasteiger partial charge in [0.05, 0.1) is 6.21 Å². The molecule has 2 aromatic rings. The van der Waals surface area contributed by atoms with Crippen molar-refractivity contribution in [2.75, 3.05) is 5.32 Å². The average molecular weight is 348 g/mol. The number of rotatable bonds is 6. The Balaban J connectivity index is 1.76. The number of nitrogens with one attached hydrogen (secondary N) is 2. The van der Waals surface area contributed by atoms with Crippen LogP contribution in [0.2, 0.25) is 5.02 Å². The number of aryl methyl sites for hydroxylation is 1. The summed E-state index contributed by atoms with van der Waals surface area (Å²) in [6.45, 7) is 3.63. The number of nitrogens with zero attached hydrogens (tertiary/aromatic N) is 1. The van der Waals surface area contributed by atoms with Crippen LogP contribution in [0, 0.1) is 13.8 Å². The maximum Gasteiger partial charge on any atom is 0.240 e. The zero-order chi connectivity index (χ0) is 17.5. The highest BCUT2D eigenvalue weighted by Crippen LogP contribution is 2.23. The number of hydrogen-bond acceptors (Lipinski definition) is 4. The molecular weight excluding hydrogens is 330 g/mol. The Bertz CT molecular complexity index is 768. The monoisotopic (exact) mass is 347 g/mol. The molecule has 2 rings (SSSR count). The number of carbonyl (C=O) groups is 2. The summed E-state index contributed by atoms with van der Waals surface area (Å²) in [5.41, 5.74) is 3.77. The standard InChI is InChI=1S/C17H18ClN3O3/c1-11-6-7-13(24-11)10-19-21-17(23)9-8-16(22)20-15-5-3-4-14(18)12(15)2/h3-7,10H,8-9H2,1-2H3,(H,20,22)(H,21,23)/b19-10+. The molecule has 0 aliphatic carbocycles. The first kappa shape index (κ1) is 17.7. The fourth-order valence-electron chi connectivity index (χ4n) is 1.93. The number of anilines is 1. The molecule has 0 atom stereocenters. The minimum atomic E-state index is -0.354. The molecule has 126 valence electrons. The number of furan rings is 1. The predicted octanol–water partition coefficient (Wildman–Crippen LogP) is 3.42. The largest absolute Gasteiger partial charge is 0.460 e. The van der Waals surface area contributed by atoms with Gasteiger partial charge in [-0.3, -0.25) is 9.59 Å². The van der Waals surface area contributed by atoms with Gasteiger partial charge in [0, 0.05) is 23.6 Å². The zero-order valence-corrected chi connectivity index (χ0v) is 14.2. The maximum atomic E-state index is 11.9. The van der Waals surface area contributed by atoms with Crippen LogP contribution in [0.1, 0.15) is 29.9 Å². The summed E-state index contributed by atoms with van der Waals surface area (Å²) >= 11 is 6.00. The molecule has 2 amide bonds. The van der Waals surface area contributed by atoms with Crippen molar-refractivity contribution in [1.29, 1.82) is 0 Å². The van der Waals surface area contributed by atoms with E-state index in [4.69, 9.17) is 16.0 Å². The molecule has 6 nitrogen and oxygen atoms in total. The molecule has 1 heterocycles. The zero-order valence-electron chi connectivity index (χ0n) is 13.4. The number of hydrazone groups is 1. The average Bonchev–Trinajstić information content (AvgIpc) is 2.95. The lowest BCUT2D eigenvalue weighted by Crippen LogP contribution is -2.20. The van der Waals surface area contributed by atoms with Crippen molar-refractivity contribution in [3.8, 4) is 0 Å². The third kappa shape index (κ3) is 5.24. The SMILES string of the molecule is Cc1ccc(/C=N/NC(=O)CCC(=O)Nc2cccc(Cl)c2C)o1. The number of benzene rings is 1. The number of halogens is 1. The molecule has 0 spiro atoms. The lowest BCUT2D eigenvalue weighted by molar-refractivity contribution is -0.124. The van der Waals surface area contributed by atoms with Gasteiger partial charge < -0.3 is 9.73 Å². The van der Waals surface area contributed by atoms with Gasteiger partial charge in [0.15, 0.2) is 0 Å². The van der Waals surface area contributed by atoms with Gasteiger partial charge in [0.25, 0.3) is 0 Å². The summed E-state index contributed by atoms with van der Waals surface area (Å²) in [5, 5.41) is 7.09. The third-order valence-electron chi connectivity index (χ3n) is 3.26. The van der Waals surface area contributed by atoms with Gasteiger partial charge in [-0.15, -0.1) is 0 Å². The van der Waals surface area contributed by atoms with Gasteiger partial charge >= 0.3 is 0 Å². The van der Waals surface area contributed by atoms with E-state index in [9.17, 15) is 9.59 Å². The van der Waals surface area contributed by atoms with E-state index in [0.717, 1.165) is 11.3 Å². The van der Waals surface area contributed by atoms with E-state index in [-0.39, 0.29) is 24.7 Å². The van der Waals surface area contributed by atoms with Crippen LogP contribution in [0.25, 0.3) is 0 Å². The van der Waals surface area contributed by atoms with Crippen LogP contribution in [-0.4, -0.2) is 18.0 Å². The van der Waals surface area contributed by atoms with E-state index in [1.165, 1.54) is 6.21 Å². The molecule has 0 saturated heterocycles. The van der Waals surface area contributed by atoms with Crippen molar-refractivity contribution in [3.05, 3.63) is 52.4 Å². The van der Waals surface area contributed by atoms with Crippen LogP contribution in [0.15, 0.2) is 39.9 Å². The van der Waals surface area contributed by atoms with E-state index >= 15 is 0 Å². The Morgan fingerprint density at radius 3 is 2.62 bits per heavy atom. The number of carbonyl (C=O) groups excluding carboxylic acids is 2. The highest BCUT2D eigenvalue weighted by atomic mass is 35.5. The van der Waals surface area contributed by atoms with Gasteiger partial charge in [-0.1, -0.05) is 17.7 Å². The molecule has 0 radical (unpaired) electrons. The number of hydrogen-bond donors (Lipinski definition) is 2. The molecule has 2 N–H and O–H groups in total. The fourth-order valence-corrected chi connectivity index (χ4v) is 2.10. The molecule has 0 aliphatic heterocycles. The molecule has 1 aromatic carbocycles. The summed E-state index contributed by atoms with van der Waals surface area (Å²) in [7, 11) is 0. The molecule has 0 fully saturated rings. The third-order valence-corrected chi connectivity index (χ3v) is 3.67. The van der Waals surface area contributed by atoms with Crippen molar-refractivity contribution >= 4 is 35.3 Å². The second kappa shape index (κ2) is 8.31. The molecule has 7 heteroatoms. The molecule has 1 aromatic heterocycles. The number of amides is 2. The molecule has 24 heavy (non-hydrogen) atoms. The van der Waals surface area contributed by atoms with E-state index < -0.39 is 0 Å². The van der Waals surface area contributed by atoms with Gasteiger partial charge in [-0.2, -0.15) is 5.10 Å². The van der Waals surface area contributed by atoms with Crippen LogP contribution in [0.3, 0.4) is 0 Å².